The number of nitrogens with zero attached hydrogens (tertiary/aromatic N) is 1. The maximum Gasteiger partial charge on any atom is 0.265 e. The molecule has 0 bridgehead atoms. The number of halogens is 2. The van der Waals surface area contributed by atoms with Gasteiger partial charge in [0.15, 0.2) is 6.29 Å². The SMILES string of the molecule is O=Cc1c(CCl)cccc1-n1ccc2cc(C3CC3)cc(F)c2c1=O. The topological polar surface area (TPSA) is 39.1 Å². The van der Waals surface area contributed by atoms with Gasteiger partial charge in [-0.1, -0.05) is 18.2 Å². The highest BCUT2D eigenvalue weighted by Gasteiger charge is 2.25. The van der Waals surface area contributed by atoms with Crippen LogP contribution in [0.5, 0.6) is 0 Å². The largest absolute Gasteiger partial charge is 0.298 e. The molecule has 2 aromatic carbocycles. The van der Waals surface area contributed by atoms with Crippen molar-refractivity contribution in [2.24, 2.45) is 0 Å². The normalized spacial score (nSPS) is 14.0. The lowest BCUT2D eigenvalue weighted by atomic mass is 10.0. The molecule has 5 heteroatoms. The van der Waals surface area contributed by atoms with Crippen LogP contribution >= 0.6 is 11.6 Å². The van der Waals surface area contributed by atoms with Crippen molar-refractivity contribution in [2.45, 2.75) is 24.6 Å². The molecule has 3 aromatic rings. The fourth-order valence-electron chi connectivity index (χ4n) is 3.25. The molecule has 1 aromatic heterocycles. The van der Waals surface area contributed by atoms with Crippen LogP contribution in [0.15, 0.2) is 47.4 Å². The molecule has 0 radical (unpaired) electrons. The lowest BCUT2D eigenvalue weighted by molar-refractivity contribution is 0.112. The third-order valence-electron chi connectivity index (χ3n) is 4.72. The summed E-state index contributed by atoms with van der Waals surface area (Å²) >= 11 is 5.88. The van der Waals surface area contributed by atoms with Crippen molar-refractivity contribution in [3.05, 3.63) is 75.5 Å². The first-order chi connectivity index (χ1) is 12.1. The zero-order valence-electron chi connectivity index (χ0n) is 13.3. The van der Waals surface area contributed by atoms with E-state index in [2.05, 4.69) is 0 Å². The highest BCUT2D eigenvalue weighted by Crippen LogP contribution is 2.41. The molecule has 1 saturated carbocycles. The van der Waals surface area contributed by atoms with E-state index in [1.807, 2.05) is 6.07 Å². The number of alkyl halides is 1. The van der Waals surface area contributed by atoms with Crippen LogP contribution in [0.25, 0.3) is 16.5 Å². The Hall–Kier alpha value is -2.46. The quantitative estimate of drug-likeness (QED) is 0.508. The molecule has 3 nitrogen and oxygen atoms in total. The maximum atomic E-state index is 14.6. The molecule has 1 aliphatic carbocycles. The van der Waals surface area contributed by atoms with Crippen LogP contribution in [0.2, 0.25) is 0 Å². The van der Waals surface area contributed by atoms with Gasteiger partial charge in [-0.15, -0.1) is 11.6 Å². The molecule has 1 heterocycles. The van der Waals surface area contributed by atoms with E-state index in [0.717, 1.165) is 18.4 Å². The Morgan fingerprint density at radius 3 is 2.72 bits per heavy atom. The van der Waals surface area contributed by atoms with Gasteiger partial charge in [0.05, 0.1) is 11.1 Å². The first-order valence-corrected chi connectivity index (χ1v) is 8.65. The van der Waals surface area contributed by atoms with Crippen molar-refractivity contribution in [3.8, 4) is 5.69 Å². The number of aromatic nitrogens is 1. The highest BCUT2D eigenvalue weighted by molar-refractivity contribution is 6.17. The first-order valence-electron chi connectivity index (χ1n) is 8.12. The lowest BCUT2D eigenvalue weighted by Gasteiger charge is -2.13. The third kappa shape index (κ3) is 2.67. The Labute approximate surface area is 148 Å². The van der Waals surface area contributed by atoms with Gasteiger partial charge >= 0.3 is 0 Å². The minimum Gasteiger partial charge on any atom is -0.298 e. The molecule has 0 N–H and O–H groups in total. The summed E-state index contributed by atoms with van der Waals surface area (Å²) in [5, 5.41) is 0.629. The van der Waals surface area contributed by atoms with Crippen molar-refractivity contribution < 1.29 is 9.18 Å². The number of carbonyl (C=O) groups excluding carboxylic acids is 1. The average molecular weight is 356 g/mol. The minimum absolute atomic E-state index is 0.0417. The van der Waals surface area contributed by atoms with E-state index in [9.17, 15) is 14.0 Å². The van der Waals surface area contributed by atoms with E-state index in [1.165, 1.54) is 10.6 Å². The van der Waals surface area contributed by atoms with Gasteiger partial charge < -0.3 is 0 Å². The molecule has 0 atom stereocenters. The molecule has 25 heavy (non-hydrogen) atoms. The molecule has 1 aliphatic rings. The zero-order chi connectivity index (χ0) is 17.6. The van der Waals surface area contributed by atoms with E-state index in [0.29, 0.717) is 34.4 Å². The number of pyridine rings is 1. The minimum atomic E-state index is -0.514. The van der Waals surface area contributed by atoms with Crippen LogP contribution in [0, 0.1) is 5.82 Å². The predicted molar refractivity (Wildman–Crippen MR) is 96.4 cm³/mol. The highest BCUT2D eigenvalue weighted by atomic mass is 35.5. The second kappa shape index (κ2) is 6.12. The zero-order valence-corrected chi connectivity index (χ0v) is 14.1. The number of rotatable bonds is 4. The van der Waals surface area contributed by atoms with Crippen LogP contribution in [0.1, 0.15) is 40.2 Å². The Morgan fingerprint density at radius 2 is 2.04 bits per heavy atom. The van der Waals surface area contributed by atoms with Crippen molar-refractivity contribution in [3.63, 3.8) is 0 Å². The molecule has 1 fully saturated rings. The van der Waals surface area contributed by atoms with Crippen molar-refractivity contribution in [2.75, 3.05) is 0 Å². The van der Waals surface area contributed by atoms with Crippen LogP contribution in [-0.4, -0.2) is 10.9 Å². The Morgan fingerprint density at radius 1 is 1.24 bits per heavy atom. The molecular weight excluding hydrogens is 341 g/mol. The second-order valence-corrected chi connectivity index (χ2v) is 6.60. The van der Waals surface area contributed by atoms with E-state index < -0.39 is 11.4 Å². The maximum absolute atomic E-state index is 14.6. The molecule has 4 rings (SSSR count). The number of aldehydes is 1. The molecule has 0 saturated heterocycles. The molecular formula is C20H15ClFNO2. The van der Waals surface area contributed by atoms with Gasteiger partial charge in [0.2, 0.25) is 0 Å². The number of hydrogen-bond acceptors (Lipinski definition) is 2. The fraction of sp³-hybridized carbons (Fsp3) is 0.200. The average Bonchev–Trinajstić information content (AvgIpc) is 3.46. The summed E-state index contributed by atoms with van der Waals surface area (Å²) in [6.07, 6.45) is 4.39. The molecule has 0 unspecified atom stereocenters. The smallest absolute Gasteiger partial charge is 0.265 e. The standard InChI is InChI=1S/C20H15ClFNO2/c21-10-14-2-1-3-18(16(14)11-24)23-7-6-13-8-15(12-4-5-12)9-17(22)19(13)20(23)25/h1-3,6-9,11-12H,4-5,10H2. The number of hydrogen-bond donors (Lipinski definition) is 0. The van der Waals surface area contributed by atoms with Gasteiger partial charge in [0, 0.05) is 17.6 Å². The van der Waals surface area contributed by atoms with E-state index in [4.69, 9.17) is 11.6 Å². The van der Waals surface area contributed by atoms with E-state index in [1.54, 1.807) is 30.5 Å². The second-order valence-electron chi connectivity index (χ2n) is 6.33. The number of fused-ring (bicyclic) bond motifs is 1. The van der Waals surface area contributed by atoms with Crippen LogP contribution < -0.4 is 5.56 Å². The van der Waals surface area contributed by atoms with Crippen LogP contribution in [0.4, 0.5) is 4.39 Å². The predicted octanol–water partition coefficient (Wildman–Crippen LogP) is 4.56. The summed E-state index contributed by atoms with van der Waals surface area (Å²) in [7, 11) is 0. The monoisotopic (exact) mass is 355 g/mol. The van der Waals surface area contributed by atoms with Gasteiger partial charge in [-0.25, -0.2) is 4.39 Å². The molecule has 126 valence electrons. The summed E-state index contributed by atoms with van der Waals surface area (Å²) in [6.45, 7) is 0. The number of benzene rings is 2. The fourth-order valence-corrected chi connectivity index (χ4v) is 3.49. The van der Waals surface area contributed by atoms with E-state index >= 15 is 0 Å². The summed E-state index contributed by atoms with van der Waals surface area (Å²) in [5.74, 6) is 0.0481. The summed E-state index contributed by atoms with van der Waals surface area (Å²) in [4.78, 5) is 24.4. The summed E-state index contributed by atoms with van der Waals surface area (Å²) in [6, 6.07) is 10.2. The molecule has 0 spiro atoms. The van der Waals surface area contributed by atoms with Crippen molar-refractivity contribution in [1.82, 2.24) is 4.57 Å². The third-order valence-corrected chi connectivity index (χ3v) is 5.01. The Bertz CT molecular complexity index is 1050. The lowest BCUT2D eigenvalue weighted by Crippen LogP contribution is -2.20. The van der Waals surface area contributed by atoms with Crippen molar-refractivity contribution in [1.29, 1.82) is 0 Å². The van der Waals surface area contributed by atoms with Gasteiger partial charge in [-0.05, 0) is 53.5 Å². The Balaban J connectivity index is 1.97. The van der Waals surface area contributed by atoms with Gasteiger partial charge in [-0.2, -0.15) is 0 Å². The molecule has 0 amide bonds. The summed E-state index contributed by atoms with van der Waals surface area (Å²) in [5.41, 5.74) is 1.84. The first kappa shape index (κ1) is 16.0. The molecule has 0 aliphatic heterocycles. The van der Waals surface area contributed by atoms with Gasteiger partial charge in [0.25, 0.3) is 5.56 Å². The van der Waals surface area contributed by atoms with Crippen LogP contribution in [-0.2, 0) is 5.88 Å². The summed E-state index contributed by atoms with van der Waals surface area (Å²) < 4.78 is 15.9. The van der Waals surface area contributed by atoms with Gasteiger partial charge in [-0.3, -0.25) is 14.2 Å². The Kier molecular flexibility index (Phi) is 3.92. The van der Waals surface area contributed by atoms with Gasteiger partial charge in [0.1, 0.15) is 5.82 Å². The van der Waals surface area contributed by atoms with Crippen molar-refractivity contribution >= 4 is 28.7 Å². The number of carbonyl (C=O) groups is 1. The van der Waals surface area contributed by atoms with Crippen LogP contribution in [0.3, 0.4) is 0 Å². The van der Waals surface area contributed by atoms with E-state index in [-0.39, 0.29) is 11.3 Å².